The fourth-order valence-corrected chi connectivity index (χ4v) is 3.23. The van der Waals surface area contributed by atoms with E-state index in [2.05, 4.69) is 15.2 Å². The van der Waals surface area contributed by atoms with Gasteiger partial charge in [0.15, 0.2) is 0 Å². The Morgan fingerprint density at radius 3 is 3.04 bits per heavy atom. The molecule has 3 rings (SSSR count). The molecular weight excluding hydrogens is 357 g/mol. The summed E-state index contributed by atoms with van der Waals surface area (Å²) in [6, 6.07) is 8.53. The molecule has 26 heavy (non-hydrogen) atoms. The van der Waals surface area contributed by atoms with Gasteiger partial charge in [0.25, 0.3) is 0 Å². The van der Waals surface area contributed by atoms with Crippen LogP contribution in [0.5, 0.6) is 0 Å². The summed E-state index contributed by atoms with van der Waals surface area (Å²) in [6.07, 6.45) is 5.00. The van der Waals surface area contributed by atoms with Gasteiger partial charge in [-0.15, -0.1) is 0 Å². The molecule has 0 spiro atoms. The number of benzene rings is 1. The summed E-state index contributed by atoms with van der Waals surface area (Å²) >= 11 is 6.25. The van der Waals surface area contributed by atoms with Crippen molar-refractivity contribution >= 4 is 29.5 Å². The number of pyridine rings is 1. The fourth-order valence-electron chi connectivity index (χ4n) is 3.00. The molecule has 1 fully saturated rings. The molecule has 1 aromatic heterocycles. The van der Waals surface area contributed by atoms with Gasteiger partial charge in [-0.3, -0.25) is 4.90 Å². The summed E-state index contributed by atoms with van der Waals surface area (Å²) < 4.78 is 13.3. The minimum Gasteiger partial charge on any atom is -0.478 e. The smallest absolute Gasteiger partial charge is 0.328 e. The van der Waals surface area contributed by atoms with Crippen LogP contribution < -0.4 is 5.32 Å². The van der Waals surface area contributed by atoms with Crippen molar-refractivity contribution in [3.63, 3.8) is 0 Å². The summed E-state index contributed by atoms with van der Waals surface area (Å²) in [7, 11) is 0. The second-order valence-electron chi connectivity index (χ2n) is 6.27. The van der Waals surface area contributed by atoms with Gasteiger partial charge in [-0.25, -0.2) is 14.2 Å². The average molecular weight is 376 g/mol. The Balaban J connectivity index is 1.57. The van der Waals surface area contributed by atoms with E-state index < -0.39 is 5.97 Å². The number of aromatic nitrogens is 1. The molecule has 1 aromatic carbocycles. The monoisotopic (exact) mass is 375 g/mol. The number of carboxylic acids is 1. The SMILES string of the molecule is O=C(O)C=Cc1cnc(N[C@@H]2CCN(Cc3cccc(F)c3)C2)c(Cl)c1. The Kier molecular flexibility index (Phi) is 5.85. The molecule has 0 unspecified atom stereocenters. The van der Waals surface area contributed by atoms with Crippen molar-refractivity contribution in [1.82, 2.24) is 9.88 Å². The van der Waals surface area contributed by atoms with Crippen molar-refractivity contribution in [3.05, 3.63) is 64.6 Å². The zero-order valence-corrected chi connectivity index (χ0v) is 14.8. The number of likely N-dealkylation sites (tertiary alicyclic amines) is 1. The van der Waals surface area contributed by atoms with Crippen molar-refractivity contribution in [2.24, 2.45) is 0 Å². The highest BCUT2D eigenvalue weighted by atomic mass is 35.5. The Morgan fingerprint density at radius 2 is 2.31 bits per heavy atom. The quantitative estimate of drug-likeness (QED) is 0.754. The highest BCUT2D eigenvalue weighted by Gasteiger charge is 2.23. The van der Waals surface area contributed by atoms with E-state index in [1.54, 1.807) is 24.4 Å². The normalized spacial score (nSPS) is 17.7. The van der Waals surface area contributed by atoms with Crippen LogP contribution in [0.25, 0.3) is 6.08 Å². The first kappa shape index (κ1) is 18.4. The van der Waals surface area contributed by atoms with E-state index in [0.717, 1.165) is 31.1 Å². The maximum absolute atomic E-state index is 13.3. The van der Waals surface area contributed by atoms with Crippen LogP contribution in [0.2, 0.25) is 5.02 Å². The average Bonchev–Trinajstić information content (AvgIpc) is 3.02. The molecule has 1 aliphatic heterocycles. The zero-order valence-electron chi connectivity index (χ0n) is 14.0. The minimum absolute atomic E-state index is 0.203. The molecule has 1 saturated heterocycles. The van der Waals surface area contributed by atoms with Crippen LogP contribution in [-0.4, -0.2) is 40.1 Å². The molecule has 1 atom stereocenters. The van der Waals surface area contributed by atoms with Gasteiger partial charge in [-0.1, -0.05) is 23.7 Å². The third kappa shape index (κ3) is 5.03. The largest absolute Gasteiger partial charge is 0.478 e. The fraction of sp³-hybridized carbons (Fsp3) is 0.263. The maximum atomic E-state index is 13.3. The van der Waals surface area contributed by atoms with E-state index in [1.807, 2.05) is 6.07 Å². The van der Waals surface area contributed by atoms with Crippen LogP contribution in [0.15, 0.2) is 42.6 Å². The predicted octanol–water partition coefficient (Wildman–Crippen LogP) is 3.66. The molecule has 136 valence electrons. The van der Waals surface area contributed by atoms with E-state index in [1.165, 1.54) is 12.1 Å². The van der Waals surface area contributed by atoms with Crippen LogP contribution in [0.4, 0.5) is 10.2 Å². The number of anilines is 1. The Labute approximate surface area is 156 Å². The zero-order chi connectivity index (χ0) is 18.5. The molecule has 0 amide bonds. The van der Waals surface area contributed by atoms with E-state index in [0.29, 0.717) is 22.9 Å². The van der Waals surface area contributed by atoms with Gasteiger partial charge in [-0.05, 0) is 41.8 Å². The number of aliphatic carboxylic acids is 1. The predicted molar refractivity (Wildman–Crippen MR) is 99.6 cm³/mol. The van der Waals surface area contributed by atoms with Gasteiger partial charge < -0.3 is 10.4 Å². The lowest BCUT2D eigenvalue weighted by Gasteiger charge is -2.17. The van der Waals surface area contributed by atoms with Crippen molar-refractivity contribution in [3.8, 4) is 0 Å². The molecule has 5 nitrogen and oxygen atoms in total. The lowest BCUT2D eigenvalue weighted by molar-refractivity contribution is -0.131. The summed E-state index contributed by atoms with van der Waals surface area (Å²) in [5.41, 5.74) is 1.58. The number of rotatable bonds is 6. The van der Waals surface area contributed by atoms with Crippen LogP contribution in [0.3, 0.4) is 0 Å². The van der Waals surface area contributed by atoms with Crippen molar-refractivity contribution < 1.29 is 14.3 Å². The van der Waals surface area contributed by atoms with Gasteiger partial charge in [0.2, 0.25) is 0 Å². The number of nitrogens with one attached hydrogen (secondary N) is 1. The number of halogens is 2. The first-order valence-corrected chi connectivity index (χ1v) is 8.67. The van der Waals surface area contributed by atoms with Crippen LogP contribution in [-0.2, 0) is 11.3 Å². The van der Waals surface area contributed by atoms with Crippen LogP contribution >= 0.6 is 11.6 Å². The highest BCUT2D eigenvalue weighted by molar-refractivity contribution is 6.33. The van der Waals surface area contributed by atoms with Gasteiger partial charge in [-0.2, -0.15) is 0 Å². The number of hydrogen-bond acceptors (Lipinski definition) is 4. The van der Waals surface area contributed by atoms with Crippen molar-refractivity contribution in [1.29, 1.82) is 0 Å². The van der Waals surface area contributed by atoms with Crippen molar-refractivity contribution in [2.45, 2.75) is 19.0 Å². The lowest BCUT2D eigenvalue weighted by atomic mass is 10.2. The van der Waals surface area contributed by atoms with E-state index >= 15 is 0 Å². The third-order valence-electron chi connectivity index (χ3n) is 4.19. The first-order valence-electron chi connectivity index (χ1n) is 8.29. The summed E-state index contributed by atoms with van der Waals surface area (Å²) in [5.74, 6) is -0.659. The first-order chi connectivity index (χ1) is 12.5. The molecule has 0 bridgehead atoms. The standard InChI is InChI=1S/C19H19ClFN3O2/c20-17-9-13(4-5-18(25)26)10-22-19(17)23-16-6-7-24(12-16)11-14-2-1-3-15(21)8-14/h1-5,8-10,16H,6-7,11-12H2,(H,22,23)(H,25,26)/t16-/m1/s1. The van der Waals surface area contributed by atoms with E-state index in [4.69, 9.17) is 16.7 Å². The third-order valence-corrected chi connectivity index (χ3v) is 4.48. The number of carbonyl (C=O) groups is 1. The van der Waals surface area contributed by atoms with Gasteiger partial charge in [0, 0.05) is 37.9 Å². The molecule has 2 aromatic rings. The Bertz CT molecular complexity index is 828. The Hall–Kier alpha value is -2.44. The summed E-state index contributed by atoms with van der Waals surface area (Å²) in [4.78, 5) is 17.1. The molecule has 1 aliphatic rings. The molecular formula is C19H19ClFN3O2. The summed E-state index contributed by atoms with van der Waals surface area (Å²) in [5, 5.41) is 12.4. The number of carboxylic acid groups (broad SMARTS) is 1. The molecule has 0 radical (unpaired) electrons. The Morgan fingerprint density at radius 1 is 1.46 bits per heavy atom. The van der Waals surface area contributed by atoms with E-state index in [-0.39, 0.29) is 11.9 Å². The van der Waals surface area contributed by atoms with E-state index in [9.17, 15) is 9.18 Å². The topological polar surface area (TPSA) is 65.5 Å². The van der Waals surface area contributed by atoms with Gasteiger partial charge >= 0.3 is 5.97 Å². The molecule has 2 heterocycles. The van der Waals surface area contributed by atoms with Crippen LogP contribution in [0, 0.1) is 5.82 Å². The molecule has 0 saturated carbocycles. The summed E-state index contributed by atoms with van der Waals surface area (Å²) in [6.45, 7) is 2.43. The molecule has 2 N–H and O–H groups in total. The minimum atomic E-state index is -1.02. The second kappa shape index (κ2) is 8.29. The van der Waals surface area contributed by atoms with Gasteiger partial charge in [0.1, 0.15) is 11.6 Å². The number of hydrogen-bond donors (Lipinski definition) is 2. The number of nitrogens with zero attached hydrogens (tertiary/aromatic N) is 2. The lowest BCUT2D eigenvalue weighted by Crippen LogP contribution is -2.26. The molecule has 7 heteroatoms. The molecule has 0 aliphatic carbocycles. The van der Waals surface area contributed by atoms with Crippen molar-refractivity contribution in [2.75, 3.05) is 18.4 Å². The van der Waals surface area contributed by atoms with Crippen LogP contribution in [0.1, 0.15) is 17.5 Å². The van der Waals surface area contributed by atoms with Gasteiger partial charge in [0.05, 0.1) is 5.02 Å². The maximum Gasteiger partial charge on any atom is 0.328 e. The highest BCUT2D eigenvalue weighted by Crippen LogP contribution is 2.24. The second-order valence-corrected chi connectivity index (χ2v) is 6.67.